The van der Waals surface area contributed by atoms with Gasteiger partial charge in [-0.1, -0.05) is 44.2 Å². The highest BCUT2D eigenvalue weighted by atomic mass is 16.1. The molecule has 0 aliphatic carbocycles. The van der Waals surface area contributed by atoms with E-state index in [0.29, 0.717) is 11.3 Å². The Bertz CT molecular complexity index is 651. The van der Waals surface area contributed by atoms with Gasteiger partial charge in [-0.15, -0.1) is 0 Å². The molecule has 1 atom stereocenters. The first-order valence-corrected chi connectivity index (χ1v) is 9.57. The van der Waals surface area contributed by atoms with E-state index < -0.39 is 0 Å². The van der Waals surface area contributed by atoms with Gasteiger partial charge in [-0.25, -0.2) is 0 Å². The molecule has 2 aromatic rings. The third-order valence-corrected chi connectivity index (χ3v) is 4.79. The molecule has 0 saturated heterocycles. The zero-order valence-electron chi connectivity index (χ0n) is 15.9. The molecule has 1 amide bonds. The maximum atomic E-state index is 12.6. The fraction of sp³-hybridized carbons (Fsp3) is 0.409. The molecule has 0 radical (unpaired) electrons. The predicted molar refractivity (Wildman–Crippen MR) is 109 cm³/mol. The Labute approximate surface area is 157 Å². The first-order chi connectivity index (χ1) is 12.6. The average Bonchev–Trinajstić information content (AvgIpc) is 2.68. The lowest BCUT2D eigenvalue weighted by Crippen LogP contribution is -2.29. The number of amides is 1. The summed E-state index contributed by atoms with van der Waals surface area (Å²) in [4.78, 5) is 15.0. The molecular formula is C22H31N3O. The lowest BCUT2D eigenvalue weighted by molar-refractivity contribution is 0.0934. The molecule has 0 spiro atoms. The topological polar surface area (TPSA) is 58.4 Å². The van der Waals surface area contributed by atoms with Crippen LogP contribution in [0.1, 0.15) is 55.1 Å². The zero-order chi connectivity index (χ0) is 18.8. The van der Waals surface area contributed by atoms with Gasteiger partial charge in [0, 0.05) is 11.3 Å². The van der Waals surface area contributed by atoms with Gasteiger partial charge in [0.15, 0.2) is 0 Å². The number of nitrogen functional groups attached to an aromatic ring is 1. The van der Waals surface area contributed by atoms with Crippen molar-refractivity contribution in [3.8, 4) is 0 Å². The van der Waals surface area contributed by atoms with Crippen LogP contribution in [0.5, 0.6) is 0 Å². The summed E-state index contributed by atoms with van der Waals surface area (Å²) in [5.74, 6) is -0.0532. The van der Waals surface area contributed by atoms with Gasteiger partial charge >= 0.3 is 0 Å². The Morgan fingerprint density at radius 3 is 2.27 bits per heavy atom. The summed E-state index contributed by atoms with van der Waals surface area (Å²) in [6.07, 6.45) is 3.16. The van der Waals surface area contributed by atoms with Crippen LogP contribution >= 0.6 is 0 Å². The maximum absolute atomic E-state index is 12.6. The third kappa shape index (κ3) is 6.19. The van der Waals surface area contributed by atoms with Crippen LogP contribution in [0.25, 0.3) is 0 Å². The summed E-state index contributed by atoms with van der Waals surface area (Å²) in [6.45, 7) is 7.69. The van der Waals surface area contributed by atoms with E-state index in [4.69, 9.17) is 5.73 Å². The molecule has 0 aliphatic rings. The Hall–Kier alpha value is -2.33. The van der Waals surface area contributed by atoms with Gasteiger partial charge in [0.25, 0.3) is 5.91 Å². The van der Waals surface area contributed by atoms with Crippen molar-refractivity contribution in [3.63, 3.8) is 0 Å². The van der Waals surface area contributed by atoms with Crippen molar-refractivity contribution in [2.75, 3.05) is 25.4 Å². The number of carbonyl (C=O) groups is 1. The van der Waals surface area contributed by atoms with Gasteiger partial charge in [0.05, 0.1) is 6.04 Å². The molecule has 1 unspecified atom stereocenters. The van der Waals surface area contributed by atoms with E-state index in [1.54, 1.807) is 24.3 Å². The molecule has 0 bridgehead atoms. The molecule has 0 aliphatic heterocycles. The number of hydrogen-bond donors (Lipinski definition) is 2. The number of nitrogens with one attached hydrogen (secondary N) is 1. The van der Waals surface area contributed by atoms with Crippen LogP contribution in [-0.4, -0.2) is 30.4 Å². The Morgan fingerprint density at radius 2 is 1.65 bits per heavy atom. The normalized spacial score (nSPS) is 12.1. The van der Waals surface area contributed by atoms with E-state index in [0.717, 1.165) is 44.5 Å². The van der Waals surface area contributed by atoms with Crippen LogP contribution in [-0.2, 0) is 0 Å². The summed E-state index contributed by atoms with van der Waals surface area (Å²) in [6, 6.07) is 17.3. The van der Waals surface area contributed by atoms with Crippen LogP contribution in [0.4, 0.5) is 5.69 Å². The van der Waals surface area contributed by atoms with E-state index in [1.807, 2.05) is 18.2 Å². The highest BCUT2D eigenvalue weighted by Gasteiger charge is 2.15. The summed E-state index contributed by atoms with van der Waals surface area (Å²) in [5.41, 5.74) is 8.17. The van der Waals surface area contributed by atoms with E-state index in [2.05, 4.69) is 36.2 Å². The van der Waals surface area contributed by atoms with Crippen molar-refractivity contribution in [2.24, 2.45) is 0 Å². The van der Waals surface area contributed by atoms with Gasteiger partial charge < -0.3 is 16.0 Å². The zero-order valence-corrected chi connectivity index (χ0v) is 15.9. The number of rotatable bonds is 10. The van der Waals surface area contributed by atoms with Gasteiger partial charge in [0.2, 0.25) is 0 Å². The number of anilines is 1. The van der Waals surface area contributed by atoms with Crippen molar-refractivity contribution in [1.82, 2.24) is 10.2 Å². The minimum absolute atomic E-state index is 0.0259. The standard InChI is InChI=1S/C22H31N3O/c1-3-25(4-2)17-9-8-12-21(18-10-6-5-7-11-18)24-22(26)19-13-15-20(23)16-14-19/h5-7,10-11,13-16,21H,3-4,8-9,12,17,23H2,1-2H3,(H,24,26). The minimum atomic E-state index is -0.0532. The molecule has 3 N–H and O–H groups in total. The first kappa shape index (κ1) is 20.0. The lowest BCUT2D eigenvalue weighted by atomic mass is 10.00. The largest absolute Gasteiger partial charge is 0.399 e. The molecule has 2 rings (SSSR count). The quantitative estimate of drug-likeness (QED) is 0.496. The number of hydrogen-bond acceptors (Lipinski definition) is 3. The molecule has 26 heavy (non-hydrogen) atoms. The van der Waals surface area contributed by atoms with Crippen LogP contribution in [0, 0.1) is 0 Å². The average molecular weight is 354 g/mol. The monoisotopic (exact) mass is 353 g/mol. The second-order valence-corrected chi connectivity index (χ2v) is 6.58. The lowest BCUT2D eigenvalue weighted by Gasteiger charge is -2.21. The molecule has 0 fully saturated rings. The highest BCUT2D eigenvalue weighted by molar-refractivity contribution is 5.94. The van der Waals surface area contributed by atoms with Crippen LogP contribution in [0.15, 0.2) is 54.6 Å². The van der Waals surface area contributed by atoms with Crippen LogP contribution in [0.3, 0.4) is 0 Å². The van der Waals surface area contributed by atoms with Crippen molar-refractivity contribution >= 4 is 11.6 Å². The molecule has 0 saturated carbocycles. The molecule has 140 valence electrons. The highest BCUT2D eigenvalue weighted by Crippen LogP contribution is 2.20. The van der Waals surface area contributed by atoms with Gasteiger partial charge in [0.1, 0.15) is 0 Å². The van der Waals surface area contributed by atoms with Crippen molar-refractivity contribution in [2.45, 2.75) is 39.2 Å². The van der Waals surface area contributed by atoms with E-state index in [1.165, 1.54) is 0 Å². The van der Waals surface area contributed by atoms with E-state index >= 15 is 0 Å². The summed E-state index contributed by atoms with van der Waals surface area (Å²) < 4.78 is 0. The number of nitrogens with zero attached hydrogens (tertiary/aromatic N) is 1. The third-order valence-electron chi connectivity index (χ3n) is 4.79. The predicted octanol–water partition coefficient (Wildman–Crippen LogP) is 4.25. The molecule has 4 nitrogen and oxygen atoms in total. The smallest absolute Gasteiger partial charge is 0.251 e. The molecule has 4 heteroatoms. The minimum Gasteiger partial charge on any atom is -0.399 e. The summed E-state index contributed by atoms with van der Waals surface area (Å²) >= 11 is 0. The van der Waals surface area contributed by atoms with Gasteiger partial charge in [-0.3, -0.25) is 4.79 Å². The second-order valence-electron chi connectivity index (χ2n) is 6.58. The molecule has 0 aromatic heterocycles. The Balaban J connectivity index is 1.98. The molecular weight excluding hydrogens is 322 g/mol. The van der Waals surface area contributed by atoms with Gasteiger partial charge in [-0.2, -0.15) is 0 Å². The Kier molecular flexibility index (Phi) is 8.16. The Morgan fingerprint density at radius 1 is 1.00 bits per heavy atom. The maximum Gasteiger partial charge on any atom is 0.251 e. The number of benzene rings is 2. The summed E-state index contributed by atoms with van der Waals surface area (Å²) in [7, 11) is 0. The number of nitrogens with two attached hydrogens (primary N) is 1. The van der Waals surface area contributed by atoms with E-state index in [9.17, 15) is 4.79 Å². The fourth-order valence-electron chi connectivity index (χ4n) is 3.11. The molecule has 0 heterocycles. The van der Waals surface area contributed by atoms with Crippen molar-refractivity contribution < 1.29 is 4.79 Å². The van der Waals surface area contributed by atoms with Crippen LogP contribution < -0.4 is 11.1 Å². The summed E-state index contributed by atoms with van der Waals surface area (Å²) in [5, 5.41) is 3.19. The molecule has 2 aromatic carbocycles. The second kappa shape index (κ2) is 10.6. The van der Waals surface area contributed by atoms with Crippen molar-refractivity contribution in [1.29, 1.82) is 0 Å². The van der Waals surface area contributed by atoms with Gasteiger partial charge in [-0.05, 0) is 68.7 Å². The first-order valence-electron chi connectivity index (χ1n) is 9.57. The SMILES string of the molecule is CCN(CC)CCCCC(NC(=O)c1ccc(N)cc1)c1ccccc1. The number of unbranched alkanes of at least 4 members (excludes halogenated alkanes) is 1. The number of carbonyl (C=O) groups excluding carboxylic acids is 1. The van der Waals surface area contributed by atoms with Crippen LogP contribution in [0.2, 0.25) is 0 Å². The van der Waals surface area contributed by atoms with E-state index in [-0.39, 0.29) is 11.9 Å². The van der Waals surface area contributed by atoms with Crippen molar-refractivity contribution in [3.05, 3.63) is 65.7 Å². The fourth-order valence-corrected chi connectivity index (χ4v) is 3.11.